The van der Waals surface area contributed by atoms with Gasteiger partial charge in [-0.1, -0.05) is 6.07 Å². The van der Waals surface area contributed by atoms with E-state index in [1.807, 2.05) is 39.1 Å². The fourth-order valence-electron chi connectivity index (χ4n) is 2.06. The number of aromatic nitrogens is 1. The highest BCUT2D eigenvalue weighted by Crippen LogP contribution is 2.06. The standard InChI is InChI=1S/C17H29N3O3/c1-17(2,3)23-16(21)19-10-6-8-15(13-22-4)20-12-14-7-5-9-18-11-14/h5,7,9,11,15,20H,6,8,10,12-13H2,1-4H3,(H,19,21). The predicted octanol–water partition coefficient (Wildman–Crippen LogP) is 2.49. The van der Waals surface area contributed by atoms with Gasteiger partial charge in [0.05, 0.1) is 6.61 Å². The van der Waals surface area contributed by atoms with Gasteiger partial charge in [0.25, 0.3) is 0 Å². The van der Waals surface area contributed by atoms with Gasteiger partial charge < -0.3 is 20.1 Å². The van der Waals surface area contributed by atoms with Crippen LogP contribution in [0.3, 0.4) is 0 Å². The average Bonchev–Trinajstić information content (AvgIpc) is 2.48. The number of carbonyl (C=O) groups excluding carboxylic acids is 1. The minimum Gasteiger partial charge on any atom is -0.444 e. The fraction of sp³-hybridized carbons (Fsp3) is 0.647. The van der Waals surface area contributed by atoms with E-state index in [-0.39, 0.29) is 12.1 Å². The minimum absolute atomic E-state index is 0.237. The van der Waals surface area contributed by atoms with Crippen molar-refractivity contribution in [1.82, 2.24) is 15.6 Å². The first-order chi connectivity index (χ1) is 10.9. The first kappa shape index (κ1) is 19.4. The van der Waals surface area contributed by atoms with E-state index < -0.39 is 5.60 Å². The summed E-state index contributed by atoms with van der Waals surface area (Å²) in [4.78, 5) is 15.7. The highest BCUT2D eigenvalue weighted by molar-refractivity contribution is 5.67. The van der Waals surface area contributed by atoms with Crippen LogP contribution >= 0.6 is 0 Å². The molecule has 0 saturated carbocycles. The van der Waals surface area contributed by atoms with Crippen molar-refractivity contribution in [1.29, 1.82) is 0 Å². The van der Waals surface area contributed by atoms with E-state index in [0.717, 1.165) is 24.9 Å². The molecule has 0 aromatic carbocycles. The van der Waals surface area contributed by atoms with Crippen LogP contribution < -0.4 is 10.6 Å². The highest BCUT2D eigenvalue weighted by Gasteiger charge is 2.15. The molecule has 0 aliphatic rings. The average molecular weight is 323 g/mol. The van der Waals surface area contributed by atoms with E-state index in [9.17, 15) is 4.79 Å². The second kappa shape index (κ2) is 10.2. The van der Waals surface area contributed by atoms with Crippen molar-refractivity contribution in [2.75, 3.05) is 20.3 Å². The van der Waals surface area contributed by atoms with Crippen LogP contribution in [0.2, 0.25) is 0 Å². The molecule has 1 amide bonds. The fourth-order valence-corrected chi connectivity index (χ4v) is 2.06. The zero-order valence-corrected chi connectivity index (χ0v) is 14.6. The number of hydrogen-bond acceptors (Lipinski definition) is 5. The van der Waals surface area contributed by atoms with Crippen LogP contribution in [-0.2, 0) is 16.0 Å². The third kappa shape index (κ3) is 9.86. The summed E-state index contributed by atoms with van der Waals surface area (Å²) in [5.41, 5.74) is 0.675. The topological polar surface area (TPSA) is 72.5 Å². The van der Waals surface area contributed by atoms with Gasteiger partial charge in [0, 0.05) is 38.6 Å². The number of ether oxygens (including phenoxy) is 2. The molecule has 1 atom stereocenters. The van der Waals surface area contributed by atoms with E-state index in [1.165, 1.54) is 0 Å². The number of carbonyl (C=O) groups is 1. The zero-order chi connectivity index (χ0) is 17.1. The van der Waals surface area contributed by atoms with Gasteiger partial charge in [0.15, 0.2) is 0 Å². The second-order valence-electron chi connectivity index (χ2n) is 6.47. The SMILES string of the molecule is COCC(CCCNC(=O)OC(C)(C)C)NCc1cccnc1. The van der Waals surface area contributed by atoms with E-state index in [1.54, 1.807) is 13.3 Å². The summed E-state index contributed by atoms with van der Waals surface area (Å²) >= 11 is 0. The Morgan fingerprint density at radius 3 is 2.78 bits per heavy atom. The lowest BCUT2D eigenvalue weighted by molar-refractivity contribution is 0.0526. The van der Waals surface area contributed by atoms with E-state index >= 15 is 0 Å². The van der Waals surface area contributed by atoms with Crippen LogP contribution in [0, 0.1) is 0 Å². The van der Waals surface area contributed by atoms with Gasteiger partial charge in [-0.25, -0.2) is 4.79 Å². The van der Waals surface area contributed by atoms with Gasteiger partial charge in [-0.3, -0.25) is 4.98 Å². The van der Waals surface area contributed by atoms with Crippen LogP contribution in [0.5, 0.6) is 0 Å². The highest BCUT2D eigenvalue weighted by atomic mass is 16.6. The second-order valence-corrected chi connectivity index (χ2v) is 6.47. The number of nitrogens with zero attached hydrogens (tertiary/aromatic N) is 1. The summed E-state index contributed by atoms with van der Waals surface area (Å²) in [5.74, 6) is 0. The van der Waals surface area contributed by atoms with E-state index in [4.69, 9.17) is 9.47 Å². The molecule has 0 bridgehead atoms. The van der Waals surface area contributed by atoms with Crippen molar-refractivity contribution in [3.05, 3.63) is 30.1 Å². The van der Waals surface area contributed by atoms with Gasteiger partial charge in [-0.2, -0.15) is 0 Å². The summed E-state index contributed by atoms with van der Waals surface area (Å²) in [6, 6.07) is 4.20. The number of hydrogen-bond donors (Lipinski definition) is 2. The van der Waals surface area contributed by atoms with E-state index in [2.05, 4.69) is 15.6 Å². The molecule has 1 aromatic rings. The maximum Gasteiger partial charge on any atom is 0.407 e. The molecule has 1 aromatic heterocycles. The number of methoxy groups -OCH3 is 1. The molecular weight excluding hydrogens is 294 g/mol. The zero-order valence-electron chi connectivity index (χ0n) is 14.6. The Morgan fingerprint density at radius 1 is 1.39 bits per heavy atom. The largest absolute Gasteiger partial charge is 0.444 e. The molecule has 1 unspecified atom stereocenters. The Balaban J connectivity index is 2.24. The molecule has 0 saturated heterocycles. The van der Waals surface area contributed by atoms with Crippen LogP contribution in [-0.4, -0.2) is 43.0 Å². The van der Waals surface area contributed by atoms with Gasteiger partial charge in [-0.15, -0.1) is 0 Å². The summed E-state index contributed by atoms with van der Waals surface area (Å²) in [7, 11) is 1.69. The lowest BCUT2D eigenvalue weighted by atomic mass is 10.1. The molecule has 130 valence electrons. The monoisotopic (exact) mass is 323 g/mol. The molecule has 1 rings (SSSR count). The molecule has 0 aliphatic carbocycles. The molecular formula is C17H29N3O3. The number of nitrogens with one attached hydrogen (secondary N) is 2. The Bertz CT molecular complexity index is 446. The first-order valence-electron chi connectivity index (χ1n) is 7.99. The van der Waals surface area contributed by atoms with Crippen LogP contribution in [0.1, 0.15) is 39.2 Å². The summed E-state index contributed by atoms with van der Waals surface area (Å²) in [6.45, 7) is 7.52. The van der Waals surface area contributed by atoms with Crippen molar-refractivity contribution in [3.63, 3.8) is 0 Å². The third-order valence-corrected chi connectivity index (χ3v) is 3.08. The van der Waals surface area contributed by atoms with E-state index in [0.29, 0.717) is 13.2 Å². The summed E-state index contributed by atoms with van der Waals surface area (Å²) in [5, 5.41) is 6.23. The van der Waals surface area contributed by atoms with Crippen molar-refractivity contribution in [2.45, 2.75) is 51.8 Å². The summed E-state index contributed by atoms with van der Waals surface area (Å²) in [6.07, 6.45) is 5.00. The van der Waals surface area contributed by atoms with Gasteiger partial charge in [0.2, 0.25) is 0 Å². The normalized spacial score (nSPS) is 12.7. The van der Waals surface area contributed by atoms with Crippen LogP contribution in [0.15, 0.2) is 24.5 Å². The molecule has 6 heteroatoms. The first-order valence-corrected chi connectivity index (χ1v) is 7.99. The molecule has 2 N–H and O–H groups in total. The molecule has 0 aliphatic heterocycles. The third-order valence-electron chi connectivity index (χ3n) is 3.08. The lowest BCUT2D eigenvalue weighted by Crippen LogP contribution is -2.35. The number of amides is 1. The minimum atomic E-state index is -0.464. The quantitative estimate of drug-likeness (QED) is 0.683. The Morgan fingerprint density at radius 2 is 2.17 bits per heavy atom. The smallest absolute Gasteiger partial charge is 0.407 e. The summed E-state index contributed by atoms with van der Waals surface area (Å²) < 4.78 is 10.4. The van der Waals surface area contributed by atoms with Crippen molar-refractivity contribution in [2.24, 2.45) is 0 Å². The molecule has 0 spiro atoms. The maximum atomic E-state index is 11.6. The predicted molar refractivity (Wildman–Crippen MR) is 90.2 cm³/mol. The Labute approximate surface area is 139 Å². The molecule has 23 heavy (non-hydrogen) atoms. The van der Waals surface area contributed by atoms with Gasteiger partial charge in [0.1, 0.15) is 5.60 Å². The van der Waals surface area contributed by atoms with Gasteiger partial charge >= 0.3 is 6.09 Å². The number of rotatable bonds is 9. The Kier molecular flexibility index (Phi) is 8.58. The maximum absolute atomic E-state index is 11.6. The lowest BCUT2D eigenvalue weighted by Gasteiger charge is -2.20. The van der Waals surface area contributed by atoms with Crippen molar-refractivity contribution >= 4 is 6.09 Å². The van der Waals surface area contributed by atoms with Crippen LogP contribution in [0.25, 0.3) is 0 Å². The number of pyridine rings is 1. The molecule has 0 radical (unpaired) electrons. The van der Waals surface area contributed by atoms with Crippen molar-refractivity contribution < 1.29 is 14.3 Å². The Hall–Kier alpha value is -1.66. The van der Waals surface area contributed by atoms with Gasteiger partial charge in [-0.05, 0) is 45.2 Å². The molecule has 1 heterocycles. The van der Waals surface area contributed by atoms with Crippen molar-refractivity contribution in [3.8, 4) is 0 Å². The molecule has 0 fully saturated rings. The molecule has 6 nitrogen and oxygen atoms in total. The number of alkyl carbamates (subject to hydrolysis) is 1. The van der Waals surface area contributed by atoms with Crippen LogP contribution in [0.4, 0.5) is 4.79 Å².